The Morgan fingerprint density at radius 3 is 2.54 bits per heavy atom. The number of halogens is 1. The van der Waals surface area contributed by atoms with Crippen LogP contribution in [0.2, 0.25) is 0 Å². The van der Waals surface area contributed by atoms with E-state index in [1.165, 1.54) is 25.3 Å². The number of aromatic amines is 1. The molecule has 3 N–H and O–H groups in total. The van der Waals surface area contributed by atoms with E-state index in [1.807, 2.05) is 24.3 Å². The summed E-state index contributed by atoms with van der Waals surface area (Å²) in [6.45, 7) is 4.77. The number of aromatic nitrogens is 1. The van der Waals surface area contributed by atoms with Crippen LogP contribution in [0.15, 0.2) is 30.3 Å². The molecule has 3 aromatic rings. The molecule has 6 nitrogen and oxygen atoms in total. The first kappa shape index (κ1) is 21.4. The molecule has 0 bridgehead atoms. The van der Waals surface area contributed by atoms with Crippen molar-refractivity contribution in [3.05, 3.63) is 58.5 Å². The van der Waals surface area contributed by atoms with Crippen molar-refractivity contribution in [2.45, 2.75) is 43.6 Å². The van der Waals surface area contributed by atoms with Gasteiger partial charge in [-0.25, -0.2) is 4.39 Å². The first-order valence-electron chi connectivity index (χ1n) is 12.9. The van der Waals surface area contributed by atoms with Gasteiger partial charge in [-0.3, -0.25) is 9.69 Å². The van der Waals surface area contributed by atoms with Gasteiger partial charge in [0.1, 0.15) is 5.82 Å². The third-order valence-corrected chi connectivity index (χ3v) is 8.97. The molecule has 3 fully saturated rings. The SMILES string of the molecule is Nc1ccc2c3c([nH]c2c1)C1(CCOCC1)c1cc(N2CCN(C4CCC4)CC2)c(F)cc1C3=O. The van der Waals surface area contributed by atoms with Crippen molar-refractivity contribution in [2.75, 3.05) is 50.0 Å². The second kappa shape index (κ2) is 7.80. The number of nitrogens with two attached hydrogens (primary N) is 1. The maximum Gasteiger partial charge on any atom is 0.195 e. The molecular weight excluding hydrogens is 443 g/mol. The lowest BCUT2D eigenvalue weighted by Gasteiger charge is -2.45. The smallest absolute Gasteiger partial charge is 0.195 e. The van der Waals surface area contributed by atoms with Gasteiger partial charge in [0.25, 0.3) is 0 Å². The van der Waals surface area contributed by atoms with Gasteiger partial charge in [-0.1, -0.05) is 12.5 Å². The van der Waals surface area contributed by atoms with Gasteiger partial charge in [0.15, 0.2) is 5.78 Å². The van der Waals surface area contributed by atoms with Crippen molar-refractivity contribution in [3.63, 3.8) is 0 Å². The third-order valence-electron chi connectivity index (χ3n) is 8.97. The third kappa shape index (κ3) is 3.10. The molecule has 2 aliphatic carbocycles. The summed E-state index contributed by atoms with van der Waals surface area (Å²) in [7, 11) is 0. The van der Waals surface area contributed by atoms with Crippen LogP contribution in [0.25, 0.3) is 10.9 Å². The largest absolute Gasteiger partial charge is 0.399 e. The second-order valence-electron chi connectivity index (χ2n) is 10.7. The number of fused-ring (bicyclic) bond motifs is 6. The molecule has 3 heterocycles. The van der Waals surface area contributed by atoms with E-state index in [0.29, 0.717) is 41.8 Å². The molecular formula is C28H31FN4O2. The molecule has 2 saturated heterocycles. The summed E-state index contributed by atoms with van der Waals surface area (Å²) in [6, 6.07) is 9.80. The van der Waals surface area contributed by atoms with Crippen LogP contribution < -0.4 is 10.6 Å². The zero-order valence-electron chi connectivity index (χ0n) is 19.9. The van der Waals surface area contributed by atoms with Gasteiger partial charge in [-0.2, -0.15) is 0 Å². The van der Waals surface area contributed by atoms with Crippen LogP contribution in [0.3, 0.4) is 0 Å². The molecule has 2 aliphatic heterocycles. The van der Waals surface area contributed by atoms with Gasteiger partial charge in [0.2, 0.25) is 0 Å². The lowest BCUT2D eigenvalue weighted by molar-refractivity contribution is 0.0601. The van der Waals surface area contributed by atoms with Crippen molar-refractivity contribution >= 4 is 28.1 Å². The molecule has 1 saturated carbocycles. The highest BCUT2D eigenvalue weighted by molar-refractivity contribution is 6.20. The predicted molar refractivity (Wildman–Crippen MR) is 135 cm³/mol. The Hall–Kier alpha value is -2.90. The summed E-state index contributed by atoms with van der Waals surface area (Å²) in [6.07, 6.45) is 5.41. The second-order valence-corrected chi connectivity index (χ2v) is 10.7. The van der Waals surface area contributed by atoms with Gasteiger partial charge < -0.3 is 20.4 Å². The number of piperazine rings is 1. The van der Waals surface area contributed by atoms with Crippen LogP contribution in [0.4, 0.5) is 15.8 Å². The number of carbonyl (C=O) groups excluding carboxylic acids is 1. The van der Waals surface area contributed by atoms with E-state index >= 15 is 4.39 Å². The molecule has 0 unspecified atom stereocenters. The van der Waals surface area contributed by atoms with E-state index in [0.717, 1.165) is 61.2 Å². The molecule has 0 radical (unpaired) electrons. The first-order valence-corrected chi connectivity index (χ1v) is 12.9. The highest BCUT2D eigenvalue weighted by Gasteiger charge is 2.47. The van der Waals surface area contributed by atoms with E-state index < -0.39 is 5.41 Å². The number of nitrogens with zero attached hydrogens (tertiary/aromatic N) is 2. The molecule has 7 rings (SSSR count). The van der Waals surface area contributed by atoms with Crippen molar-refractivity contribution in [1.82, 2.24) is 9.88 Å². The fraction of sp³-hybridized carbons (Fsp3) is 0.464. The molecule has 1 aromatic heterocycles. The number of H-pyrrole nitrogens is 1. The number of hydrogen-bond acceptors (Lipinski definition) is 5. The Morgan fingerprint density at radius 2 is 1.83 bits per heavy atom. The van der Waals surface area contributed by atoms with E-state index in [9.17, 15) is 4.79 Å². The van der Waals surface area contributed by atoms with Crippen molar-refractivity contribution in [2.24, 2.45) is 0 Å². The standard InChI is InChI=1S/C28H31FN4O2/c29-22-15-20-21(16-24(22)33-10-8-32(9-11-33)18-2-1-3-18)28(6-12-35-13-7-28)27-25(26(20)34)19-5-4-17(30)14-23(19)31-27/h4-5,14-16,18,31H,1-3,6-13,30H2. The monoisotopic (exact) mass is 474 g/mol. The minimum Gasteiger partial charge on any atom is -0.399 e. The fourth-order valence-corrected chi connectivity index (χ4v) is 6.79. The van der Waals surface area contributed by atoms with Crippen LogP contribution in [-0.2, 0) is 10.2 Å². The highest BCUT2D eigenvalue weighted by atomic mass is 19.1. The van der Waals surface area contributed by atoms with Crippen LogP contribution in [0, 0.1) is 5.82 Å². The number of anilines is 2. The number of hydrogen-bond donors (Lipinski definition) is 2. The zero-order chi connectivity index (χ0) is 23.7. The maximum atomic E-state index is 15.6. The molecule has 7 heteroatoms. The van der Waals surface area contributed by atoms with Crippen LogP contribution in [0.5, 0.6) is 0 Å². The quantitative estimate of drug-likeness (QED) is 0.545. The van der Waals surface area contributed by atoms with Crippen LogP contribution in [-0.4, -0.2) is 61.1 Å². The summed E-state index contributed by atoms with van der Waals surface area (Å²) >= 11 is 0. The minimum absolute atomic E-state index is 0.108. The number of nitrogens with one attached hydrogen (secondary N) is 1. The van der Waals surface area contributed by atoms with Crippen LogP contribution in [0.1, 0.15) is 59.3 Å². The molecule has 0 atom stereocenters. The van der Waals surface area contributed by atoms with Gasteiger partial charge in [0.05, 0.1) is 11.3 Å². The Labute approximate surface area is 204 Å². The summed E-state index contributed by atoms with van der Waals surface area (Å²) < 4.78 is 21.4. The van der Waals surface area contributed by atoms with E-state index in [2.05, 4.69) is 14.8 Å². The average molecular weight is 475 g/mol. The maximum absolute atomic E-state index is 15.6. The molecule has 2 aromatic carbocycles. The summed E-state index contributed by atoms with van der Waals surface area (Å²) in [5, 5.41) is 0.854. The topological polar surface area (TPSA) is 74.6 Å². The van der Waals surface area contributed by atoms with Crippen LogP contribution >= 0.6 is 0 Å². The fourth-order valence-electron chi connectivity index (χ4n) is 6.79. The lowest BCUT2D eigenvalue weighted by Crippen LogP contribution is -2.52. The number of benzene rings is 2. The van der Waals surface area contributed by atoms with E-state index in [4.69, 9.17) is 10.5 Å². The van der Waals surface area contributed by atoms with Gasteiger partial charge in [-0.05, 0) is 55.5 Å². The normalized spacial score (nSPS) is 22.3. The van der Waals surface area contributed by atoms with Crippen molar-refractivity contribution < 1.29 is 13.9 Å². The number of ketones is 1. The molecule has 0 amide bonds. The molecule has 4 aliphatic rings. The molecule has 35 heavy (non-hydrogen) atoms. The Balaban J connectivity index is 1.34. The highest BCUT2D eigenvalue weighted by Crippen LogP contribution is 2.50. The minimum atomic E-state index is -0.402. The Morgan fingerprint density at radius 1 is 1.06 bits per heavy atom. The Kier molecular flexibility index (Phi) is 4.77. The zero-order valence-corrected chi connectivity index (χ0v) is 19.9. The van der Waals surface area contributed by atoms with Crippen molar-refractivity contribution in [3.8, 4) is 0 Å². The summed E-state index contributed by atoms with van der Waals surface area (Å²) in [5.41, 5.74) is 10.8. The number of ether oxygens (including phenoxy) is 1. The number of carbonyl (C=O) groups is 1. The predicted octanol–water partition coefficient (Wildman–Crippen LogP) is 4.20. The Bertz CT molecular complexity index is 1330. The lowest BCUT2D eigenvalue weighted by atomic mass is 9.64. The summed E-state index contributed by atoms with van der Waals surface area (Å²) in [5.74, 6) is -0.410. The van der Waals surface area contributed by atoms with Gasteiger partial charge >= 0.3 is 0 Å². The van der Waals surface area contributed by atoms with Gasteiger partial charge in [-0.15, -0.1) is 0 Å². The summed E-state index contributed by atoms with van der Waals surface area (Å²) in [4.78, 5) is 22.1. The molecule has 1 spiro atoms. The molecule has 182 valence electrons. The van der Waals surface area contributed by atoms with E-state index in [-0.39, 0.29) is 11.6 Å². The number of nitrogen functional groups attached to an aromatic ring is 1. The first-order chi connectivity index (χ1) is 17.0. The van der Waals surface area contributed by atoms with E-state index in [1.54, 1.807) is 0 Å². The average Bonchev–Trinajstić information content (AvgIpc) is 3.22. The van der Waals surface area contributed by atoms with Gasteiger partial charge in [0, 0.05) is 78.7 Å². The number of rotatable bonds is 2. The van der Waals surface area contributed by atoms with Crippen molar-refractivity contribution in [1.29, 1.82) is 0 Å².